The number of para-hydroxylation sites is 6. The smallest absolute Gasteiger partial charge is 0.136 e. The van der Waals surface area contributed by atoms with E-state index in [1.807, 2.05) is 0 Å². The van der Waals surface area contributed by atoms with Gasteiger partial charge in [-0.25, -0.2) is 0 Å². The van der Waals surface area contributed by atoms with Gasteiger partial charge >= 0.3 is 0 Å². The van der Waals surface area contributed by atoms with E-state index in [9.17, 15) is 0 Å². The summed E-state index contributed by atoms with van der Waals surface area (Å²) >= 11 is 0. The molecule has 0 spiro atoms. The standard InChI is InChI=1S/C52H37N3O/c1-7-19-38(20-8-1)53(39-21-9-2-10-22-39)44-31-33-50-48(35-44)52-47-36-45(54(40-23-11-3-12-24-40)41-25-13-4-14-26-41)37-49(46(47)32-34-51(52)56-50)55(42-27-15-5-16-28-42)43-29-17-6-18-30-43/h1-37H. The molecule has 0 radical (unpaired) electrons. The lowest BCUT2D eigenvalue weighted by atomic mass is 9.99. The molecule has 0 aliphatic rings. The van der Waals surface area contributed by atoms with Crippen molar-refractivity contribution in [3.8, 4) is 0 Å². The van der Waals surface area contributed by atoms with Gasteiger partial charge in [-0.05, 0) is 121 Å². The van der Waals surface area contributed by atoms with Crippen LogP contribution in [0.25, 0.3) is 32.7 Å². The fourth-order valence-corrected chi connectivity index (χ4v) is 7.90. The van der Waals surface area contributed by atoms with Crippen LogP contribution < -0.4 is 14.7 Å². The number of rotatable bonds is 9. The minimum atomic E-state index is 0.843. The molecule has 0 saturated carbocycles. The van der Waals surface area contributed by atoms with Gasteiger partial charge in [-0.2, -0.15) is 0 Å². The Morgan fingerprint density at radius 1 is 0.250 bits per heavy atom. The molecule has 4 nitrogen and oxygen atoms in total. The zero-order valence-corrected chi connectivity index (χ0v) is 30.6. The maximum atomic E-state index is 6.70. The molecule has 0 saturated heterocycles. The molecule has 56 heavy (non-hydrogen) atoms. The third-order valence-electron chi connectivity index (χ3n) is 10.4. The normalized spacial score (nSPS) is 11.2. The molecular weight excluding hydrogens is 683 g/mol. The largest absolute Gasteiger partial charge is 0.456 e. The molecule has 9 aromatic carbocycles. The molecule has 1 heterocycles. The number of benzene rings is 9. The molecule has 0 N–H and O–H groups in total. The second-order valence-corrected chi connectivity index (χ2v) is 13.8. The number of anilines is 9. The first-order valence-electron chi connectivity index (χ1n) is 18.9. The van der Waals surface area contributed by atoms with Crippen molar-refractivity contribution in [2.75, 3.05) is 14.7 Å². The first-order chi connectivity index (χ1) is 27.8. The highest BCUT2D eigenvalue weighted by Gasteiger charge is 2.23. The van der Waals surface area contributed by atoms with Gasteiger partial charge in [-0.3, -0.25) is 0 Å². The van der Waals surface area contributed by atoms with E-state index in [1.165, 1.54) is 0 Å². The van der Waals surface area contributed by atoms with Crippen LogP contribution in [0.5, 0.6) is 0 Å². The zero-order valence-electron chi connectivity index (χ0n) is 30.6. The molecule has 0 unspecified atom stereocenters. The molecule has 10 aromatic rings. The summed E-state index contributed by atoms with van der Waals surface area (Å²) in [6.45, 7) is 0. The molecule has 1 aromatic heterocycles. The molecule has 4 heteroatoms. The highest BCUT2D eigenvalue weighted by atomic mass is 16.3. The van der Waals surface area contributed by atoms with Crippen LogP contribution in [0.2, 0.25) is 0 Å². The monoisotopic (exact) mass is 719 g/mol. The number of furan rings is 1. The third kappa shape index (κ3) is 6.00. The average molecular weight is 720 g/mol. The molecule has 0 amide bonds. The van der Waals surface area contributed by atoms with Crippen molar-refractivity contribution in [1.29, 1.82) is 0 Å². The van der Waals surface area contributed by atoms with Crippen LogP contribution in [0.1, 0.15) is 0 Å². The van der Waals surface area contributed by atoms with Crippen molar-refractivity contribution in [2.24, 2.45) is 0 Å². The van der Waals surface area contributed by atoms with Crippen LogP contribution in [0.4, 0.5) is 51.2 Å². The highest BCUT2D eigenvalue weighted by molar-refractivity contribution is 6.22. The Morgan fingerprint density at radius 3 is 1.07 bits per heavy atom. The van der Waals surface area contributed by atoms with E-state index in [4.69, 9.17) is 4.42 Å². The predicted molar refractivity (Wildman–Crippen MR) is 235 cm³/mol. The van der Waals surface area contributed by atoms with Gasteiger partial charge in [-0.1, -0.05) is 109 Å². The maximum Gasteiger partial charge on any atom is 0.136 e. The molecule has 0 aliphatic heterocycles. The van der Waals surface area contributed by atoms with Crippen LogP contribution in [-0.4, -0.2) is 0 Å². The Balaban J connectivity index is 1.30. The molecule has 0 aliphatic carbocycles. The van der Waals surface area contributed by atoms with Crippen molar-refractivity contribution in [1.82, 2.24) is 0 Å². The third-order valence-corrected chi connectivity index (χ3v) is 10.4. The van der Waals surface area contributed by atoms with Crippen LogP contribution in [0.15, 0.2) is 229 Å². The molecular formula is C52H37N3O. The second kappa shape index (κ2) is 14.3. The van der Waals surface area contributed by atoms with E-state index in [1.54, 1.807) is 0 Å². The lowest BCUT2D eigenvalue weighted by Crippen LogP contribution is -2.13. The van der Waals surface area contributed by atoms with Gasteiger partial charge in [0, 0.05) is 61.7 Å². The molecule has 0 atom stereocenters. The number of hydrogen-bond donors (Lipinski definition) is 0. The van der Waals surface area contributed by atoms with E-state index in [0.717, 1.165) is 83.9 Å². The first-order valence-corrected chi connectivity index (χ1v) is 18.9. The lowest BCUT2D eigenvalue weighted by molar-refractivity contribution is 0.669. The summed E-state index contributed by atoms with van der Waals surface area (Å²) < 4.78 is 6.70. The van der Waals surface area contributed by atoms with Crippen molar-refractivity contribution in [3.05, 3.63) is 224 Å². The fourth-order valence-electron chi connectivity index (χ4n) is 7.90. The van der Waals surface area contributed by atoms with Gasteiger partial charge in [0.2, 0.25) is 0 Å². The Kier molecular flexibility index (Phi) is 8.47. The van der Waals surface area contributed by atoms with Crippen LogP contribution in [-0.2, 0) is 0 Å². The molecule has 10 rings (SSSR count). The first kappa shape index (κ1) is 33.0. The SMILES string of the molecule is c1ccc(N(c2ccccc2)c2ccc3oc4ccc5c(N(c6ccccc6)c6ccccc6)cc(N(c6ccccc6)c6ccccc6)cc5c4c3c2)cc1. The fraction of sp³-hybridized carbons (Fsp3) is 0. The van der Waals surface area contributed by atoms with E-state index in [2.05, 4.69) is 239 Å². The van der Waals surface area contributed by atoms with Crippen LogP contribution >= 0.6 is 0 Å². The van der Waals surface area contributed by atoms with E-state index < -0.39 is 0 Å². The maximum absolute atomic E-state index is 6.70. The van der Waals surface area contributed by atoms with E-state index in [0.29, 0.717) is 0 Å². The number of nitrogens with zero attached hydrogens (tertiary/aromatic N) is 3. The summed E-state index contributed by atoms with van der Waals surface area (Å²) in [6.07, 6.45) is 0. The van der Waals surface area contributed by atoms with E-state index >= 15 is 0 Å². The average Bonchev–Trinajstić information content (AvgIpc) is 3.65. The Labute approximate surface area is 326 Å². The predicted octanol–water partition coefficient (Wildman–Crippen LogP) is 15.1. The Morgan fingerprint density at radius 2 is 0.625 bits per heavy atom. The molecule has 0 fully saturated rings. The Hall–Kier alpha value is -7.56. The van der Waals surface area contributed by atoms with E-state index in [-0.39, 0.29) is 0 Å². The lowest BCUT2D eigenvalue weighted by Gasteiger charge is -2.30. The Bertz CT molecular complexity index is 2780. The summed E-state index contributed by atoms with van der Waals surface area (Å²) in [6, 6.07) is 79.1. The van der Waals surface area contributed by atoms with Gasteiger partial charge in [0.25, 0.3) is 0 Å². The van der Waals surface area contributed by atoms with Crippen molar-refractivity contribution >= 4 is 83.9 Å². The summed E-state index contributed by atoms with van der Waals surface area (Å²) in [4.78, 5) is 7.02. The minimum Gasteiger partial charge on any atom is -0.456 e. The summed E-state index contributed by atoms with van der Waals surface area (Å²) in [5.74, 6) is 0. The quantitative estimate of drug-likeness (QED) is 0.148. The molecule has 0 bridgehead atoms. The molecule has 266 valence electrons. The topological polar surface area (TPSA) is 22.9 Å². The van der Waals surface area contributed by atoms with Gasteiger partial charge in [0.1, 0.15) is 11.2 Å². The zero-order chi connectivity index (χ0) is 37.3. The summed E-state index contributed by atoms with van der Waals surface area (Å²) in [5.41, 5.74) is 11.3. The summed E-state index contributed by atoms with van der Waals surface area (Å²) in [7, 11) is 0. The second-order valence-electron chi connectivity index (χ2n) is 13.8. The van der Waals surface area contributed by atoms with Crippen LogP contribution in [0, 0.1) is 0 Å². The van der Waals surface area contributed by atoms with Crippen molar-refractivity contribution in [2.45, 2.75) is 0 Å². The van der Waals surface area contributed by atoms with Gasteiger partial charge in [0.15, 0.2) is 0 Å². The van der Waals surface area contributed by atoms with Crippen molar-refractivity contribution in [3.63, 3.8) is 0 Å². The van der Waals surface area contributed by atoms with Gasteiger partial charge in [-0.15, -0.1) is 0 Å². The van der Waals surface area contributed by atoms with Gasteiger partial charge < -0.3 is 19.1 Å². The van der Waals surface area contributed by atoms with Crippen molar-refractivity contribution < 1.29 is 4.42 Å². The number of fused-ring (bicyclic) bond motifs is 5. The minimum absolute atomic E-state index is 0.843. The van der Waals surface area contributed by atoms with Crippen LogP contribution in [0.3, 0.4) is 0 Å². The number of hydrogen-bond acceptors (Lipinski definition) is 4. The van der Waals surface area contributed by atoms with Gasteiger partial charge in [0.05, 0.1) is 5.69 Å². The highest BCUT2D eigenvalue weighted by Crippen LogP contribution is 2.48. The summed E-state index contributed by atoms with van der Waals surface area (Å²) in [5, 5.41) is 4.35.